The van der Waals surface area contributed by atoms with Gasteiger partial charge >= 0.3 is 18.2 Å². The lowest BCUT2D eigenvalue weighted by molar-refractivity contribution is -0.140. The van der Waals surface area contributed by atoms with Crippen molar-refractivity contribution in [2.45, 2.75) is 56.8 Å². The Kier molecular flexibility index (Phi) is 5.97. The first kappa shape index (κ1) is 21.8. The minimum atomic E-state index is -1.18. The van der Waals surface area contributed by atoms with Crippen LogP contribution in [0.15, 0.2) is 41.8 Å². The highest BCUT2D eigenvalue weighted by Crippen LogP contribution is 2.52. The number of anilines is 1. The molecule has 1 N–H and O–H groups in total. The van der Waals surface area contributed by atoms with E-state index in [1.165, 1.54) is 0 Å². The summed E-state index contributed by atoms with van der Waals surface area (Å²) in [5.74, 6) is -1.14. The van der Waals surface area contributed by atoms with Crippen molar-refractivity contribution in [1.82, 2.24) is 4.90 Å². The lowest BCUT2D eigenvalue weighted by atomic mass is 9.82. The number of para-hydroxylation sites is 1. The molecule has 1 aliphatic heterocycles. The Morgan fingerprint density at radius 2 is 1.88 bits per heavy atom. The molecule has 2 fully saturated rings. The number of carboxylic acid groups (broad SMARTS) is 1. The normalized spacial score (nSPS) is 23.4. The van der Waals surface area contributed by atoms with Crippen LogP contribution in [-0.4, -0.2) is 46.9 Å². The van der Waals surface area contributed by atoms with Gasteiger partial charge in [0.1, 0.15) is 6.61 Å². The van der Waals surface area contributed by atoms with Gasteiger partial charge in [-0.3, -0.25) is 9.80 Å². The molecule has 1 aromatic heterocycles. The molecule has 0 bridgehead atoms. The Balaban J connectivity index is 1.47. The third kappa shape index (κ3) is 4.29. The number of carbonyl (C=O) groups excluding carboxylic acids is 2. The van der Waals surface area contributed by atoms with Crippen LogP contribution in [0.2, 0.25) is 0 Å². The molecule has 174 valence electrons. The first-order valence-corrected chi connectivity index (χ1v) is 12.2. The van der Waals surface area contributed by atoms with Crippen LogP contribution in [0.3, 0.4) is 0 Å². The van der Waals surface area contributed by atoms with Crippen LogP contribution in [0.25, 0.3) is 0 Å². The van der Waals surface area contributed by atoms with Gasteiger partial charge in [0.2, 0.25) is 0 Å². The van der Waals surface area contributed by atoms with E-state index in [0.29, 0.717) is 0 Å². The fourth-order valence-electron chi connectivity index (χ4n) is 5.25. The molecule has 1 aromatic carbocycles. The fourth-order valence-corrected chi connectivity index (χ4v) is 5.87. The van der Waals surface area contributed by atoms with Crippen LogP contribution >= 0.6 is 11.3 Å². The average Bonchev–Trinajstić information content (AvgIpc) is 3.29. The monoisotopic (exact) mass is 470 g/mol. The third-order valence-electron chi connectivity index (χ3n) is 6.67. The molecule has 9 heteroatoms. The standard InChI is InChI=1S/C24H26N2O6S/c27-21(28)14-32-23(29)25(15-10-11-15)22-17-6-1-2-8-19(17)26(20-9-3-7-18(20)22)24(30)31-13-16-5-4-12-33-16/h1-2,4-6,8,12,15,18,20,22H,3,7,9-11,13-14H2,(H,27,28). The van der Waals surface area contributed by atoms with Gasteiger partial charge in [-0.25, -0.2) is 14.4 Å². The van der Waals surface area contributed by atoms with Crippen molar-refractivity contribution >= 4 is 35.2 Å². The Morgan fingerprint density at radius 3 is 2.61 bits per heavy atom. The highest BCUT2D eigenvalue weighted by molar-refractivity contribution is 7.09. The number of ether oxygens (including phenoxy) is 2. The molecule has 33 heavy (non-hydrogen) atoms. The van der Waals surface area contributed by atoms with Crippen LogP contribution in [-0.2, 0) is 20.9 Å². The number of thiophene rings is 1. The molecule has 5 rings (SSSR count). The molecular formula is C24H26N2O6S. The predicted molar refractivity (Wildman–Crippen MR) is 121 cm³/mol. The molecule has 0 saturated heterocycles. The van der Waals surface area contributed by atoms with E-state index in [0.717, 1.165) is 48.2 Å². The Morgan fingerprint density at radius 1 is 1.06 bits per heavy atom. The van der Waals surface area contributed by atoms with Crippen LogP contribution in [0.1, 0.15) is 48.6 Å². The van der Waals surface area contributed by atoms with E-state index in [-0.39, 0.29) is 36.7 Å². The number of benzene rings is 1. The van der Waals surface area contributed by atoms with Crippen molar-refractivity contribution in [3.05, 3.63) is 52.2 Å². The molecule has 2 saturated carbocycles. The van der Waals surface area contributed by atoms with E-state index in [2.05, 4.69) is 0 Å². The molecule has 2 aromatic rings. The quantitative estimate of drug-likeness (QED) is 0.651. The van der Waals surface area contributed by atoms with Gasteiger partial charge in [0, 0.05) is 22.9 Å². The smallest absolute Gasteiger partial charge is 0.414 e. The molecular weight excluding hydrogens is 444 g/mol. The Labute approximate surface area is 195 Å². The summed E-state index contributed by atoms with van der Waals surface area (Å²) in [6.07, 6.45) is 3.39. The van der Waals surface area contributed by atoms with Crippen LogP contribution in [0.4, 0.5) is 15.3 Å². The largest absolute Gasteiger partial charge is 0.479 e. The maximum atomic E-state index is 13.3. The minimum Gasteiger partial charge on any atom is -0.479 e. The molecule has 8 nitrogen and oxygen atoms in total. The van der Waals surface area contributed by atoms with E-state index in [4.69, 9.17) is 14.6 Å². The SMILES string of the molecule is O=C(O)COC(=O)N(C1CC1)C1c2ccccc2N(C(=O)OCc2cccs2)C2CCCC21. The third-order valence-corrected chi connectivity index (χ3v) is 7.52. The minimum absolute atomic E-state index is 0.0305. The number of hydrogen-bond acceptors (Lipinski definition) is 6. The lowest BCUT2D eigenvalue weighted by Crippen LogP contribution is -2.53. The fraction of sp³-hybridized carbons (Fsp3) is 0.458. The lowest BCUT2D eigenvalue weighted by Gasteiger charge is -2.46. The number of carboxylic acids is 1. The maximum Gasteiger partial charge on any atom is 0.414 e. The molecule has 3 unspecified atom stereocenters. The van der Waals surface area contributed by atoms with E-state index in [9.17, 15) is 14.4 Å². The van der Waals surface area contributed by atoms with Gasteiger partial charge in [-0.05, 0) is 48.8 Å². The topological polar surface area (TPSA) is 96.4 Å². The number of rotatable bonds is 6. The summed E-state index contributed by atoms with van der Waals surface area (Å²) in [7, 11) is 0. The summed E-state index contributed by atoms with van der Waals surface area (Å²) in [6.45, 7) is -0.433. The zero-order valence-electron chi connectivity index (χ0n) is 18.1. The van der Waals surface area contributed by atoms with Crippen molar-refractivity contribution in [2.75, 3.05) is 11.5 Å². The van der Waals surface area contributed by atoms with E-state index in [1.54, 1.807) is 21.1 Å². The summed E-state index contributed by atoms with van der Waals surface area (Å²) < 4.78 is 10.8. The predicted octanol–water partition coefficient (Wildman–Crippen LogP) is 4.80. The Hall–Kier alpha value is -3.07. The maximum absolute atomic E-state index is 13.3. The molecule has 0 radical (unpaired) electrons. The highest BCUT2D eigenvalue weighted by atomic mass is 32.1. The van der Waals surface area contributed by atoms with Crippen molar-refractivity contribution in [3.63, 3.8) is 0 Å². The van der Waals surface area contributed by atoms with Gasteiger partial charge < -0.3 is 14.6 Å². The molecule has 0 spiro atoms. The summed E-state index contributed by atoms with van der Waals surface area (Å²) in [6, 6.07) is 11.2. The highest BCUT2D eigenvalue weighted by Gasteiger charge is 2.52. The number of fused-ring (bicyclic) bond motifs is 2. The molecule has 3 aliphatic rings. The molecule has 3 atom stereocenters. The second-order valence-corrected chi connectivity index (χ2v) is 9.79. The first-order valence-electron chi connectivity index (χ1n) is 11.3. The van der Waals surface area contributed by atoms with Gasteiger partial charge in [-0.2, -0.15) is 0 Å². The number of aliphatic carboxylic acids is 1. The first-order chi connectivity index (χ1) is 16.0. The average molecular weight is 471 g/mol. The van der Waals surface area contributed by atoms with E-state index >= 15 is 0 Å². The van der Waals surface area contributed by atoms with Crippen molar-refractivity contribution < 1.29 is 29.0 Å². The van der Waals surface area contributed by atoms with Crippen LogP contribution < -0.4 is 4.90 Å². The summed E-state index contributed by atoms with van der Waals surface area (Å²) in [5.41, 5.74) is 1.63. The van der Waals surface area contributed by atoms with E-state index in [1.807, 2.05) is 41.8 Å². The summed E-state index contributed by atoms with van der Waals surface area (Å²) in [4.78, 5) is 41.7. The molecule has 2 amide bonds. The summed E-state index contributed by atoms with van der Waals surface area (Å²) in [5, 5.41) is 10.9. The number of nitrogens with zero attached hydrogens (tertiary/aromatic N) is 2. The van der Waals surface area contributed by atoms with Crippen LogP contribution in [0, 0.1) is 5.92 Å². The van der Waals surface area contributed by atoms with Gasteiger partial charge in [-0.15, -0.1) is 11.3 Å². The number of amides is 2. The van der Waals surface area contributed by atoms with Gasteiger partial charge in [0.05, 0.1) is 11.7 Å². The molecule has 2 heterocycles. The van der Waals surface area contributed by atoms with Crippen LogP contribution in [0.5, 0.6) is 0 Å². The second-order valence-electron chi connectivity index (χ2n) is 8.76. The van der Waals surface area contributed by atoms with Gasteiger partial charge in [0.25, 0.3) is 0 Å². The zero-order valence-corrected chi connectivity index (χ0v) is 18.9. The second kappa shape index (κ2) is 9.05. The van der Waals surface area contributed by atoms with Gasteiger partial charge in [-0.1, -0.05) is 30.7 Å². The Bertz CT molecular complexity index is 1040. The molecule has 2 aliphatic carbocycles. The van der Waals surface area contributed by atoms with E-state index < -0.39 is 18.7 Å². The van der Waals surface area contributed by atoms with Gasteiger partial charge in [0.15, 0.2) is 6.61 Å². The van der Waals surface area contributed by atoms with Crippen molar-refractivity contribution in [2.24, 2.45) is 5.92 Å². The zero-order chi connectivity index (χ0) is 22.9. The number of hydrogen-bond donors (Lipinski definition) is 1. The van der Waals surface area contributed by atoms with Crippen molar-refractivity contribution in [3.8, 4) is 0 Å². The number of carbonyl (C=O) groups is 3. The van der Waals surface area contributed by atoms with Crippen molar-refractivity contribution in [1.29, 1.82) is 0 Å². The summed E-state index contributed by atoms with van der Waals surface area (Å²) >= 11 is 1.55.